The van der Waals surface area contributed by atoms with Crippen LogP contribution >= 0.6 is 11.3 Å². The van der Waals surface area contributed by atoms with E-state index in [0.29, 0.717) is 16.2 Å². The number of carbonyl (C=O) groups is 2. The topological polar surface area (TPSA) is 106 Å². The first-order valence-corrected chi connectivity index (χ1v) is 6.71. The molecule has 0 unspecified atom stereocenters. The monoisotopic (exact) mass is 270 g/mol. The summed E-state index contributed by atoms with van der Waals surface area (Å²) in [7, 11) is 0. The third kappa shape index (κ3) is 4.12. The lowest BCUT2D eigenvalue weighted by Gasteiger charge is -2.00. The SMILES string of the molecule is NC(=O)c1cc(CCCCCCO)c(C(N)=O)s1. The molecule has 0 atom stereocenters. The number of rotatable bonds is 8. The van der Waals surface area contributed by atoms with E-state index in [1.807, 2.05) is 0 Å². The largest absolute Gasteiger partial charge is 0.396 e. The van der Waals surface area contributed by atoms with Gasteiger partial charge in [0.15, 0.2) is 0 Å². The molecular formula is C12H18N2O3S. The van der Waals surface area contributed by atoms with Crippen LogP contribution in [0.4, 0.5) is 0 Å². The predicted octanol–water partition coefficient (Wildman–Crippen LogP) is 1.04. The van der Waals surface area contributed by atoms with E-state index in [0.717, 1.165) is 42.6 Å². The van der Waals surface area contributed by atoms with E-state index in [1.54, 1.807) is 6.07 Å². The molecular weight excluding hydrogens is 252 g/mol. The average Bonchev–Trinajstić information content (AvgIpc) is 2.73. The third-order valence-corrected chi connectivity index (χ3v) is 3.84. The fourth-order valence-electron chi connectivity index (χ4n) is 1.73. The Kier molecular flexibility index (Phi) is 5.80. The van der Waals surface area contributed by atoms with Gasteiger partial charge in [0, 0.05) is 6.61 Å². The molecule has 1 aromatic heterocycles. The van der Waals surface area contributed by atoms with Gasteiger partial charge in [-0.15, -0.1) is 11.3 Å². The fourth-order valence-corrected chi connectivity index (χ4v) is 2.64. The van der Waals surface area contributed by atoms with Gasteiger partial charge in [-0.05, 0) is 30.9 Å². The highest BCUT2D eigenvalue weighted by Crippen LogP contribution is 2.23. The Morgan fingerprint density at radius 3 is 2.33 bits per heavy atom. The molecule has 1 rings (SSSR count). The van der Waals surface area contributed by atoms with Crippen LogP contribution in [0, 0.1) is 0 Å². The number of primary amides is 2. The highest BCUT2D eigenvalue weighted by atomic mass is 32.1. The number of aliphatic hydroxyl groups excluding tert-OH is 1. The lowest BCUT2D eigenvalue weighted by molar-refractivity contribution is 0.0996. The van der Waals surface area contributed by atoms with Gasteiger partial charge < -0.3 is 16.6 Å². The van der Waals surface area contributed by atoms with Crippen molar-refractivity contribution in [2.75, 3.05) is 6.61 Å². The van der Waals surface area contributed by atoms with E-state index in [9.17, 15) is 9.59 Å². The lowest BCUT2D eigenvalue weighted by atomic mass is 10.1. The number of hydrogen-bond donors (Lipinski definition) is 3. The molecule has 2 amide bonds. The molecule has 0 aliphatic heterocycles. The standard InChI is InChI=1S/C12H18N2O3S/c13-11(16)9-7-8(10(18-9)12(14)17)5-3-1-2-4-6-15/h7,15H,1-6H2,(H2,13,16)(H2,14,17). The van der Waals surface area contributed by atoms with Crippen LogP contribution in [0.15, 0.2) is 6.07 Å². The van der Waals surface area contributed by atoms with E-state index in [4.69, 9.17) is 16.6 Å². The van der Waals surface area contributed by atoms with Crippen LogP contribution in [0.1, 0.15) is 50.6 Å². The van der Waals surface area contributed by atoms with Crippen molar-refractivity contribution in [1.29, 1.82) is 0 Å². The van der Waals surface area contributed by atoms with Crippen molar-refractivity contribution < 1.29 is 14.7 Å². The van der Waals surface area contributed by atoms with Gasteiger partial charge in [-0.2, -0.15) is 0 Å². The molecule has 0 aliphatic rings. The molecule has 0 bridgehead atoms. The second-order valence-electron chi connectivity index (χ2n) is 4.08. The van der Waals surface area contributed by atoms with Crippen molar-refractivity contribution in [3.05, 3.63) is 21.4 Å². The minimum absolute atomic E-state index is 0.205. The van der Waals surface area contributed by atoms with E-state index < -0.39 is 11.8 Å². The molecule has 100 valence electrons. The molecule has 1 heterocycles. The highest BCUT2D eigenvalue weighted by Gasteiger charge is 2.15. The van der Waals surface area contributed by atoms with Crippen molar-refractivity contribution in [2.24, 2.45) is 11.5 Å². The molecule has 0 saturated heterocycles. The molecule has 0 fully saturated rings. The maximum Gasteiger partial charge on any atom is 0.259 e. The Morgan fingerprint density at radius 2 is 1.78 bits per heavy atom. The minimum Gasteiger partial charge on any atom is -0.396 e. The summed E-state index contributed by atoms with van der Waals surface area (Å²) >= 11 is 1.05. The number of unbranched alkanes of at least 4 members (excludes halogenated alkanes) is 3. The molecule has 5 N–H and O–H groups in total. The van der Waals surface area contributed by atoms with Gasteiger partial charge in [0.25, 0.3) is 11.8 Å². The highest BCUT2D eigenvalue weighted by molar-refractivity contribution is 7.16. The molecule has 5 nitrogen and oxygen atoms in total. The Balaban J connectivity index is 2.63. The predicted molar refractivity (Wildman–Crippen MR) is 70.6 cm³/mol. The molecule has 0 aromatic carbocycles. The van der Waals surface area contributed by atoms with Gasteiger partial charge in [0.2, 0.25) is 0 Å². The van der Waals surface area contributed by atoms with E-state index >= 15 is 0 Å². The van der Waals surface area contributed by atoms with Gasteiger partial charge in [-0.3, -0.25) is 9.59 Å². The van der Waals surface area contributed by atoms with Gasteiger partial charge >= 0.3 is 0 Å². The van der Waals surface area contributed by atoms with Gasteiger partial charge in [-0.1, -0.05) is 12.8 Å². The zero-order chi connectivity index (χ0) is 13.5. The first-order valence-electron chi connectivity index (χ1n) is 5.89. The van der Waals surface area contributed by atoms with Crippen LogP contribution in [-0.2, 0) is 6.42 Å². The second-order valence-corrected chi connectivity index (χ2v) is 5.13. The molecule has 1 aromatic rings. The summed E-state index contributed by atoms with van der Waals surface area (Å²) in [5.74, 6) is -1.05. The van der Waals surface area contributed by atoms with Crippen LogP contribution in [-0.4, -0.2) is 23.5 Å². The van der Waals surface area contributed by atoms with E-state index in [2.05, 4.69) is 0 Å². The summed E-state index contributed by atoms with van der Waals surface area (Å²) in [5, 5.41) is 8.65. The summed E-state index contributed by atoms with van der Waals surface area (Å²) in [6.07, 6.45) is 4.32. The first kappa shape index (κ1) is 14.7. The summed E-state index contributed by atoms with van der Waals surface area (Å²) < 4.78 is 0. The molecule has 0 saturated carbocycles. The van der Waals surface area contributed by atoms with Crippen molar-refractivity contribution in [3.63, 3.8) is 0 Å². The number of thiophene rings is 1. The minimum atomic E-state index is -0.533. The van der Waals surface area contributed by atoms with Crippen LogP contribution in [0.3, 0.4) is 0 Å². The second kappa shape index (κ2) is 7.13. The van der Waals surface area contributed by atoms with Crippen LogP contribution in [0.25, 0.3) is 0 Å². The van der Waals surface area contributed by atoms with Crippen molar-refractivity contribution in [3.8, 4) is 0 Å². The number of hydrogen-bond acceptors (Lipinski definition) is 4. The zero-order valence-corrected chi connectivity index (χ0v) is 11.0. The molecule has 0 radical (unpaired) electrons. The summed E-state index contributed by atoms with van der Waals surface area (Å²) in [4.78, 5) is 23.1. The average molecular weight is 270 g/mol. The maximum absolute atomic E-state index is 11.2. The normalized spacial score (nSPS) is 10.5. The number of amides is 2. The lowest BCUT2D eigenvalue weighted by Crippen LogP contribution is -2.11. The number of aliphatic hydroxyl groups is 1. The molecule has 0 spiro atoms. The van der Waals surface area contributed by atoms with Crippen molar-refractivity contribution in [1.82, 2.24) is 0 Å². The summed E-state index contributed by atoms with van der Waals surface area (Å²) in [5.41, 5.74) is 11.2. The van der Waals surface area contributed by atoms with Crippen LogP contribution in [0.5, 0.6) is 0 Å². The van der Waals surface area contributed by atoms with Gasteiger partial charge in [0.05, 0.1) is 9.75 Å². The molecule has 0 aliphatic carbocycles. The summed E-state index contributed by atoms with van der Waals surface area (Å²) in [6.45, 7) is 0.205. The first-order chi connectivity index (χ1) is 8.56. The number of carbonyl (C=O) groups excluding carboxylic acids is 2. The quantitative estimate of drug-likeness (QED) is 0.614. The Labute approximate surface area is 110 Å². The Morgan fingerprint density at radius 1 is 1.11 bits per heavy atom. The van der Waals surface area contributed by atoms with Crippen LogP contribution in [0.2, 0.25) is 0 Å². The smallest absolute Gasteiger partial charge is 0.259 e. The Bertz CT molecular complexity index is 429. The number of aryl methyl sites for hydroxylation is 1. The van der Waals surface area contributed by atoms with Gasteiger partial charge in [-0.25, -0.2) is 0 Å². The number of nitrogens with two attached hydrogens (primary N) is 2. The summed E-state index contributed by atoms with van der Waals surface area (Å²) in [6, 6.07) is 1.65. The van der Waals surface area contributed by atoms with E-state index in [1.165, 1.54) is 0 Å². The zero-order valence-electron chi connectivity index (χ0n) is 10.1. The van der Waals surface area contributed by atoms with E-state index in [-0.39, 0.29) is 6.61 Å². The maximum atomic E-state index is 11.2. The molecule has 6 heteroatoms. The fraction of sp³-hybridized carbons (Fsp3) is 0.500. The molecule has 18 heavy (non-hydrogen) atoms. The van der Waals surface area contributed by atoms with Crippen molar-refractivity contribution in [2.45, 2.75) is 32.1 Å². The van der Waals surface area contributed by atoms with Crippen LogP contribution < -0.4 is 11.5 Å². The van der Waals surface area contributed by atoms with Crippen molar-refractivity contribution >= 4 is 23.2 Å². The third-order valence-electron chi connectivity index (χ3n) is 2.63. The Hall–Kier alpha value is -1.40. The van der Waals surface area contributed by atoms with Gasteiger partial charge in [0.1, 0.15) is 0 Å².